The number of nitrogens with zero attached hydrogens (tertiary/aromatic N) is 5. The van der Waals surface area contributed by atoms with Gasteiger partial charge in [-0.05, 0) is 51.6 Å². The van der Waals surface area contributed by atoms with Crippen molar-refractivity contribution in [3.8, 4) is 28.3 Å². The van der Waals surface area contributed by atoms with Crippen molar-refractivity contribution in [2.24, 2.45) is 0 Å². The lowest BCUT2D eigenvalue weighted by Crippen LogP contribution is -2.06. The lowest BCUT2D eigenvalue weighted by molar-refractivity contribution is 0.991. The summed E-state index contributed by atoms with van der Waals surface area (Å²) in [4.78, 5) is 16.0. The van der Waals surface area contributed by atoms with Crippen molar-refractivity contribution in [3.05, 3.63) is 164 Å². The monoisotopic (exact) mass is 637 g/mol. The van der Waals surface area contributed by atoms with E-state index in [9.17, 15) is 0 Å². The molecule has 50 heavy (non-hydrogen) atoms. The highest BCUT2D eigenvalue weighted by Gasteiger charge is 2.24. The van der Waals surface area contributed by atoms with Gasteiger partial charge in [0.05, 0.1) is 27.8 Å². The topological polar surface area (TPSA) is 48.0 Å². The van der Waals surface area contributed by atoms with Gasteiger partial charge in [-0.1, -0.05) is 140 Å². The third-order valence-electron chi connectivity index (χ3n) is 10.1. The molecule has 7 aromatic carbocycles. The van der Waals surface area contributed by atoms with Crippen LogP contribution in [0.3, 0.4) is 0 Å². The zero-order valence-corrected chi connectivity index (χ0v) is 26.8. The Labute approximate surface area is 286 Å². The molecule has 0 spiro atoms. The van der Waals surface area contributed by atoms with E-state index in [1.54, 1.807) is 0 Å². The highest BCUT2D eigenvalue weighted by Crippen LogP contribution is 2.41. The maximum absolute atomic E-state index is 5.54. The summed E-state index contributed by atoms with van der Waals surface area (Å²) in [5.41, 5.74) is 10.2. The average molecular weight is 638 g/mol. The Morgan fingerprint density at radius 2 is 0.960 bits per heavy atom. The van der Waals surface area contributed by atoms with Crippen LogP contribution in [0.2, 0.25) is 0 Å². The Morgan fingerprint density at radius 3 is 1.76 bits per heavy atom. The van der Waals surface area contributed by atoms with Crippen LogP contribution in [0.4, 0.5) is 0 Å². The molecule has 11 rings (SSSR count). The largest absolute Gasteiger partial charge is 0.277 e. The minimum Gasteiger partial charge on any atom is -0.277 e. The third-order valence-corrected chi connectivity index (χ3v) is 10.1. The Balaban J connectivity index is 1.30. The Hall–Kier alpha value is -6.85. The fraction of sp³-hybridized carbons (Fsp3) is 0. The SMILES string of the molecule is c1ccc(-c2ccc(-c3nc(-n4c5ccccc5c5c6ccccc6c6nc7ccccc7n6c54)nc4ccccc34)c3ccccc23)cc1. The first-order valence-corrected chi connectivity index (χ1v) is 16.9. The maximum atomic E-state index is 5.54. The van der Waals surface area contributed by atoms with E-state index in [1.807, 2.05) is 0 Å². The molecule has 5 heteroatoms. The average Bonchev–Trinajstić information content (AvgIpc) is 3.74. The number of benzene rings is 7. The van der Waals surface area contributed by atoms with Crippen molar-refractivity contribution in [1.29, 1.82) is 0 Å². The van der Waals surface area contributed by atoms with Crippen molar-refractivity contribution in [3.63, 3.8) is 0 Å². The van der Waals surface area contributed by atoms with Crippen LogP contribution in [0.5, 0.6) is 0 Å². The number of para-hydroxylation sites is 4. The molecule has 5 nitrogen and oxygen atoms in total. The van der Waals surface area contributed by atoms with Gasteiger partial charge in [0.2, 0.25) is 5.95 Å². The van der Waals surface area contributed by atoms with Gasteiger partial charge in [0, 0.05) is 27.1 Å². The first-order valence-electron chi connectivity index (χ1n) is 16.9. The standard InChI is InChI=1S/C45H27N5/c1-2-14-28(15-3-1)29-26-27-33(31-17-5-4-16-30(29)31)42-35-20-8-10-22-37(35)47-45(48-42)50-39-24-12-9-21-36(39)41-32-18-6-7-19-34(32)43-46-38-23-11-13-25-40(38)49(43)44(41)50/h1-27H. The Bertz CT molecular complexity index is 3150. The van der Waals surface area contributed by atoms with Crippen LogP contribution < -0.4 is 0 Å². The van der Waals surface area contributed by atoms with E-state index < -0.39 is 0 Å². The van der Waals surface area contributed by atoms with Crippen LogP contribution in [0.25, 0.3) is 99.4 Å². The third kappa shape index (κ3) is 3.74. The second-order valence-corrected chi connectivity index (χ2v) is 12.8. The molecular formula is C45H27N5. The summed E-state index contributed by atoms with van der Waals surface area (Å²) in [6, 6.07) is 57.6. The molecule has 0 aliphatic carbocycles. The second kappa shape index (κ2) is 10.3. The first-order chi connectivity index (χ1) is 24.8. The van der Waals surface area contributed by atoms with Gasteiger partial charge in [-0.25, -0.2) is 15.0 Å². The molecule has 0 bridgehead atoms. The minimum atomic E-state index is 0.621. The number of imidazole rings is 1. The van der Waals surface area contributed by atoms with Crippen molar-refractivity contribution < 1.29 is 0 Å². The lowest BCUT2D eigenvalue weighted by Gasteiger charge is -2.15. The van der Waals surface area contributed by atoms with Crippen molar-refractivity contribution >= 4 is 71.1 Å². The van der Waals surface area contributed by atoms with Gasteiger partial charge < -0.3 is 0 Å². The predicted molar refractivity (Wildman–Crippen MR) is 206 cm³/mol. The molecule has 0 unspecified atom stereocenters. The molecule has 0 fully saturated rings. The van der Waals surface area contributed by atoms with Gasteiger partial charge >= 0.3 is 0 Å². The molecule has 0 aliphatic rings. The second-order valence-electron chi connectivity index (χ2n) is 12.8. The predicted octanol–water partition coefficient (Wildman–Crippen LogP) is 11.2. The van der Waals surface area contributed by atoms with Crippen molar-refractivity contribution in [2.45, 2.75) is 0 Å². The van der Waals surface area contributed by atoms with Gasteiger partial charge in [-0.15, -0.1) is 0 Å². The summed E-state index contributed by atoms with van der Waals surface area (Å²) >= 11 is 0. The summed E-state index contributed by atoms with van der Waals surface area (Å²) in [6.07, 6.45) is 0. The molecule has 11 aromatic rings. The van der Waals surface area contributed by atoms with Crippen LogP contribution in [0, 0.1) is 0 Å². The fourth-order valence-corrected chi connectivity index (χ4v) is 7.97. The van der Waals surface area contributed by atoms with Crippen LogP contribution in [-0.4, -0.2) is 23.9 Å². The lowest BCUT2D eigenvalue weighted by atomic mass is 9.93. The summed E-state index contributed by atoms with van der Waals surface area (Å²) in [5.74, 6) is 0.621. The first kappa shape index (κ1) is 27.1. The molecule has 0 radical (unpaired) electrons. The molecule has 0 atom stereocenters. The van der Waals surface area contributed by atoms with Gasteiger partial charge in [-0.3, -0.25) is 8.97 Å². The molecule has 0 amide bonds. The molecule has 232 valence electrons. The summed E-state index contributed by atoms with van der Waals surface area (Å²) in [5, 5.41) is 7.93. The highest BCUT2D eigenvalue weighted by molar-refractivity contribution is 6.24. The number of pyridine rings is 1. The number of hydrogen-bond acceptors (Lipinski definition) is 3. The molecule has 0 N–H and O–H groups in total. The highest BCUT2D eigenvalue weighted by atomic mass is 15.2. The smallest absolute Gasteiger partial charge is 0.236 e. The van der Waals surface area contributed by atoms with Crippen LogP contribution in [0.15, 0.2) is 164 Å². The van der Waals surface area contributed by atoms with E-state index in [2.05, 4.69) is 173 Å². The summed E-state index contributed by atoms with van der Waals surface area (Å²) < 4.78 is 4.55. The number of rotatable bonds is 3. The van der Waals surface area contributed by atoms with Gasteiger partial charge in [-0.2, -0.15) is 0 Å². The van der Waals surface area contributed by atoms with Gasteiger partial charge in [0.25, 0.3) is 0 Å². The number of fused-ring (bicyclic) bond motifs is 12. The molecule has 4 aromatic heterocycles. The molecule has 0 aliphatic heterocycles. The van der Waals surface area contributed by atoms with Crippen molar-refractivity contribution in [2.75, 3.05) is 0 Å². The zero-order valence-electron chi connectivity index (χ0n) is 26.8. The zero-order chi connectivity index (χ0) is 32.8. The summed E-state index contributed by atoms with van der Waals surface area (Å²) in [7, 11) is 0. The van der Waals surface area contributed by atoms with Crippen LogP contribution in [0.1, 0.15) is 0 Å². The van der Waals surface area contributed by atoms with Crippen molar-refractivity contribution in [1.82, 2.24) is 23.9 Å². The van der Waals surface area contributed by atoms with Crippen LogP contribution in [-0.2, 0) is 0 Å². The molecular weight excluding hydrogens is 611 g/mol. The maximum Gasteiger partial charge on any atom is 0.236 e. The molecule has 4 heterocycles. The van der Waals surface area contributed by atoms with E-state index >= 15 is 0 Å². The number of hydrogen-bond donors (Lipinski definition) is 0. The van der Waals surface area contributed by atoms with E-state index in [0.717, 1.165) is 76.9 Å². The summed E-state index contributed by atoms with van der Waals surface area (Å²) in [6.45, 7) is 0. The van der Waals surface area contributed by atoms with Gasteiger partial charge in [0.15, 0.2) is 0 Å². The number of aromatic nitrogens is 5. The fourth-order valence-electron chi connectivity index (χ4n) is 7.97. The normalized spacial score (nSPS) is 12.0. The van der Waals surface area contributed by atoms with Gasteiger partial charge in [0.1, 0.15) is 11.3 Å². The van der Waals surface area contributed by atoms with E-state index in [1.165, 1.54) is 16.5 Å². The minimum absolute atomic E-state index is 0.621. The molecule has 0 saturated carbocycles. The quantitative estimate of drug-likeness (QED) is 0.194. The van der Waals surface area contributed by atoms with E-state index in [4.69, 9.17) is 15.0 Å². The van der Waals surface area contributed by atoms with Crippen LogP contribution >= 0.6 is 0 Å². The molecule has 0 saturated heterocycles. The van der Waals surface area contributed by atoms with E-state index in [-0.39, 0.29) is 0 Å². The Kier molecular flexibility index (Phi) is 5.60. The Morgan fingerprint density at radius 1 is 0.380 bits per heavy atom. The van der Waals surface area contributed by atoms with E-state index in [0.29, 0.717) is 5.95 Å².